The lowest BCUT2D eigenvalue weighted by Crippen LogP contribution is -2.39. The van der Waals surface area contributed by atoms with Gasteiger partial charge in [0, 0.05) is 5.69 Å². The summed E-state index contributed by atoms with van der Waals surface area (Å²) in [5, 5.41) is 6.98. The highest BCUT2D eigenvalue weighted by atomic mass is 32.1. The molecule has 0 radical (unpaired) electrons. The first kappa shape index (κ1) is 20.0. The molecule has 4 nitrogen and oxygen atoms in total. The van der Waals surface area contributed by atoms with E-state index in [0.717, 1.165) is 17.2 Å². The van der Waals surface area contributed by atoms with Crippen molar-refractivity contribution in [2.75, 3.05) is 11.9 Å². The van der Waals surface area contributed by atoms with E-state index >= 15 is 0 Å². The van der Waals surface area contributed by atoms with Crippen LogP contribution in [0.25, 0.3) is 0 Å². The summed E-state index contributed by atoms with van der Waals surface area (Å²) >= 11 is 5.37. The number of hydrogen-bond acceptors (Lipinski definition) is 3. The van der Waals surface area contributed by atoms with Gasteiger partial charge in [-0.1, -0.05) is 6.07 Å². The van der Waals surface area contributed by atoms with Crippen LogP contribution >= 0.6 is 12.2 Å². The first-order chi connectivity index (χ1) is 12.3. The molecule has 1 unspecified atom stereocenters. The van der Waals surface area contributed by atoms with Crippen LogP contribution in [0.3, 0.4) is 0 Å². The molecule has 0 aliphatic carbocycles. The second kappa shape index (κ2) is 9.43. The molecule has 0 bridgehead atoms. The summed E-state index contributed by atoms with van der Waals surface area (Å²) in [4.78, 5) is 0. The average molecular weight is 373 g/mol. The fourth-order valence-electron chi connectivity index (χ4n) is 2.35. The number of ether oxygens (including phenoxy) is 2. The van der Waals surface area contributed by atoms with E-state index in [2.05, 4.69) is 36.6 Å². The maximum absolute atomic E-state index is 5.84. The SMILES string of the molecule is Cc1ccc(OCC(C)NC(=S)Nc2ccc(OC(C)C)cc2)cc1C. The quantitative estimate of drug-likeness (QED) is 0.681. The lowest BCUT2D eigenvalue weighted by Gasteiger charge is -2.18. The van der Waals surface area contributed by atoms with Crippen molar-refractivity contribution in [3.05, 3.63) is 53.6 Å². The van der Waals surface area contributed by atoms with Gasteiger partial charge >= 0.3 is 0 Å². The van der Waals surface area contributed by atoms with Gasteiger partial charge in [0.25, 0.3) is 0 Å². The molecule has 0 saturated carbocycles. The number of thiocarbonyl (C=S) groups is 1. The van der Waals surface area contributed by atoms with Crippen molar-refractivity contribution in [1.29, 1.82) is 0 Å². The fourth-order valence-corrected chi connectivity index (χ4v) is 2.67. The third-order valence-electron chi connectivity index (χ3n) is 3.84. The summed E-state index contributed by atoms with van der Waals surface area (Å²) in [6.45, 7) is 10.8. The second-order valence-electron chi connectivity index (χ2n) is 6.75. The van der Waals surface area contributed by atoms with E-state index < -0.39 is 0 Å². The maximum Gasteiger partial charge on any atom is 0.171 e. The van der Waals surface area contributed by atoms with Crippen molar-refractivity contribution in [1.82, 2.24) is 5.32 Å². The maximum atomic E-state index is 5.84. The number of nitrogens with one attached hydrogen (secondary N) is 2. The molecule has 0 saturated heterocycles. The third kappa shape index (κ3) is 6.56. The van der Waals surface area contributed by atoms with Gasteiger partial charge in [0.15, 0.2) is 5.11 Å². The number of anilines is 1. The topological polar surface area (TPSA) is 42.5 Å². The third-order valence-corrected chi connectivity index (χ3v) is 4.06. The highest BCUT2D eigenvalue weighted by Crippen LogP contribution is 2.18. The van der Waals surface area contributed by atoms with Crippen LogP contribution in [0.5, 0.6) is 11.5 Å². The van der Waals surface area contributed by atoms with Gasteiger partial charge in [0.1, 0.15) is 18.1 Å². The van der Waals surface area contributed by atoms with Gasteiger partial charge < -0.3 is 20.1 Å². The predicted molar refractivity (Wildman–Crippen MR) is 112 cm³/mol. The van der Waals surface area contributed by atoms with Crippen LogP contribution < -0.4 is 20.1 Å². The summed E-state index contributed by atoms with van der Waals surface area (Å²) in [5.74, 6) is 1.72. The Bertz CT molecular complexity index is 729. The van der Waals surface area contributed by atoms with Crippen LogP contribution in [0.4, 0.5) is 5.69 Å². The van der Waals surface area contributed by atoms with E-state index in [1.165, 1.54) is 11.1 Å². The molecule has 140 valence electrons. The van der Waals surface area contributed by atoms with Gasteiger partial charge in [-0.3, -0.25) is 0 Å². The standard InChI is InChI=1S/C21H28N2O2S/c1-14(2)25-19-10-7-18(8-11-19)23-21(26)22-17(5)13-24-20-9-6-15(3)16(4)12-20/h6-12,14,17H,13H2,1-5H3,(H2,22,23,26). The molecule has 26 heavy (non-hydrogen) atoms. The molecule has 2 N–H and O–H groups in total. The minimum atomic E-state index is 0.0835. The molecule has 0 aromatic heterocycles. The average Bonchev–Trinajstić information content (AvgIpc) is 2.57. The van der Waals surface area contributed by atoms with Gasteiger partial charge in [-0.15, -0.1) is 0 Å². The van der Waals surface area contributed by atoms with Gasteiger partial charge in [0.2, 0.25) is 0 Å². The Morgan fingerprint density at radius 3 is 2.23 bits per heavy atom. The summed E-state index contributed by atoms with van der Waals surface area (Å²) in [7, 11) is 0. The van der Waals surface area contributed by atoms with Crippen molar-refractivity contribution < 1.29 is 9.47 Å². The Balaban J connectivity index is 1.78. The fraction of sp³-hybridized carbons (Fsp3) is 0.381. The highest BCUT2D eigenvalue weighted by molar-refractivity contribution is 7.80. The zero-order chi connectivity index (χ0) is 19.1. The van der Waals surface area contributed by atoms with Crippen LogP contribution in [0.15, 0.2) is 42.5 Å². The normalized spacial score (nSPS) is 11.8. The van der Waals surface area contributed by atoms with Crippen molar-refractivity contribution >= 4 is 23.0 Å². The van der Waals surface area contributed by atoms with Gasteiger partial charge in [-0.25, -0.2) is 0 Å². The first-order valence-corrected chi connectivity index (χ1v) is 9.28. The Kier molecular flexibility index (Phi) is 7.27. The monoisotopic (exact) mass is 372 g/mol. The van der Waals surface area contributed by atoms with E-state index in [9.17, 15) is 0 Å². The summed E-state index contributed by atoms with van der Waals surface area (Å²) in [6, 6.07) is 14.0. The van der Waals surface area contributed by atoms with E-state index in [1.807, 2.05) is 51.1 Å². The Morgan fingerprint density at radius 2 is 1.62 bits per heavy atom. The smallest absolute Gasteiger partial charge is 0.171 e. The molecule has 5 heteroatoms. The number of rotatable bonds is 7. The van der Waals surface area contributed by atoms with E-state index in [4.69, 9.17) is 21.7 Å². The largest absolute Gasteiger partial charge is 0.491 e. The Morgan fingerprint density at radius 1 is 0.962 bits per heavy atom. The number of benzene rings is 2. The molecule has 1 atom stereocenters. The number of hydrogen-bond donors (Lipinski definition) is 2. The molecular weight excluding hydrogens is 344 g/mol. The van der Waals surface area contributed by atoms with Crippen molar-refractivity contribution in [2.45, 2.75) is 46.8 Å². The second-order valence-corrected chi connectivity index (χ2v) is 7.16. The molecule has 0 aliphatic rings. The molecule has 0 aliphatic heterocycles. The summed E-state index contributed by atoms with van der Waals surface area (Å²) in [6.07, 6.45) is 0.162. The van der Waals surface area contributed by atoms with Crippen LogP contribution in [-0.4, -0.2) is 23.9 Å². The molecule has 0 fully saturated rings. The predicted octanol–water partition coefficient (Wildman–Crippen LogP) is 4.84. The molecule has 0 spiro atoms. The molecule has 0 heterocycles. The van der Waals surface area contributed by atoms with Crippen LogP contribution in [0, 0.1) is 13.8 Å². The Labute approximate surface area is 161 Å². The molecule has 2 rings (SSSR count). The molecule has 2 aromatic carbocycles. The first-order valence-electron chi connectivity index (χ1n) is 8.88. The van der Waals surface area contributed by atoms with Crippen molar-refractivity contribution in [2.24, 2.45) is 0 Å². The Hall–Kier alpha value is -2.27. The minimum Gasteiger partial charge on any atom is -0.491 e. The van der Waals surface area contributed by atoms with Crippen molar-refractivity contribution in [3.8, 4) is 11.5 Å². The van der Waals surface area contributed by atoms with Crippen molar-refractivity contribution in [3.63, 3.8) is 0 Å². The molecule has 0 amide bonds. The number of aryl methyl sites for hydroxylation is 2. The van der Waals surface area contributed by atoms with E-state index in [1.54, 1.807) is 0 Å². The lowest BCUT2D eigenvalue weighted by atomic mass is 10.1. The molecule has 2 aromatic rings. The summed E-state index contributed by atoms with van der Waals surface area (Å²) < 4.78 is 11.5. The van der Waals surface area contributed by atoms with Gasteiger partial charge in [-0.05, 0) is 94.4 Å². The van der Waals surface area contributed by atoms with E-state index in [0.29, 0.717) is 11.7 Å². The highest BCUT2D eigenvalue weighted by Gasteiger charge is 2.07. The zero-order valence-electron chi connectivity index (χ0n) is 16.1. The minimum absolute atomic E-state index is 0.0835. The van der Waals surface area contributed by atoms with Gasteiger partial charge in [0.05, 0.1) is 12.1 Å². The van der Waals surface area contributed by atoms with Crippen LogP contribution in [-0.2, 0) is 0 Å². The zero-order valence-corrected chi connectivity index (χ0v) is 16.9. The van der Waals surface area contributed by atoms with Gasteiger partial charge in [-0.2, -0.15) is 0 Å². The lowest BCUT2D eigenvalue weighted by molar-refractivity contribution is 0.242. The summed E-state index contributed by atoms with van der Waals surface area (Å²) in [5.41, 5.74) is 3.41. The van der Waals surface area contributed by atoms with E-state index in [-0.39, 0.29) is 12.1 Å². The van der Waals surface area contributed by atoms with Crippen LogP contribution in [0.2, 0.25) is 0 Å². The van der Waals surface area contributed by atoms with Crippen LogP contribution in [0.1, 0.15) is 31.9 Å². The molecular formula is C21H28N2O2S.